The van der Waals surface area contributed by atoms with Gasteiger partial charge in [0.1, 0.15) is 4.90 Å². The van der Waals surface area contributed by atoms with Gasteiger partial charge in [0.05, 0.1) is 16.2 Å². The molecule has 1 N–H and O–H groups in total. The minimum absolute atomic E-state index is 0.263. The third-order valence-corrected chi connectivity index (χ3v) is 4.02. The summed E-state index contributed by atoms with van der Waals surface area (Å²) in [7, 11) is 0. The zero-order valence-corrected chi connectivity index (χ0v) is 12.1. The summed E-state index contributed by atoms with van der Waals surface area (Å²) in [4.78, 5) is 20.5. The first-order valence-electron chi connectivity index (χ1n) is 6.16. The lowest BCUT2D eigenvalue weighted by molar-refractivity contribution is -0.388. The maximum absolute atomic E-state index is 13.1. The molecule has 2 aromatic rings. The number of anilines is 1. The predicted octanol–water partition coefficient (Wildman–Crippen LogP) is 4.33. The summed E-state index contributed by atoms with van der Waals surface area (Å²) >= 11 is 0.580. The Morgan fingerprint density at radius 2 is 1.83 bits per heavy atom. The largest absolute Gasteiger partial charge is 0.417 e. The van der Waals surface area contributed by atoms with Gasteiger partial charge in [-0.1, -0.05) is 30.0 Å². The number of carbonyl (C=O) groups is 1. The molecule has 9 heteroatoms. The Labute approximate surface area is 132 Å². The summed E-state index contributed by atoms with van der Waals surface area (Å²) in [6.45, 7) is 0. The highest BCUT2D eigenvalue weighted by Gasteiger charge is 2.37. The monoisotopic (exact) mass is 342 g/mol. The van der Waals surface area contributed by atoms with Crippen molar-refractivity contribution in [2.24, 2.45) is 0 Å². The minimum Gasteiger partial charge on any atom is -0.328 e. The van der Waals surface area contributed by atoms with Crippen LogP contribution >= 0.6 is 11.8 Å². The second-order valence-electron chi connectivity index (χ2n) is 4.27. The van der Waals surface area contributed by atoms with Crippen molar-refractivity contribution in [2.45, 2.75) is 16.0 Å². The number of benzene rings is 2. The summed E-state index contributed by atoms with van der Waals surface area (Å²) in [6, 6.07) is 8.87. The van der Waals surface area contributed by atoms with Gasteiger partial charge < -0.3 is 5.32 Å². The van der Waals surface area contributed by atoms with E-state index in [-0.39, 0.29) is 10.6 Å². The standard InChI is InChI=1S/C14H9F3N2O3S/c15-14(16,17)9-4-3-6-11(19(21)22)13(9)23-12-7-2-1-5-10(12)18-8-20/h1-8H,(H,18,20). The number of nitro benzene ring substituents is 1. The molecule has 120 valence electrons. The Bertz CT molecular complexity index is 750. The van der Waals surface area contributed by atoms with E-state index in [0.717, 1.165) is 18.2 Å². The molecule has 0 unspecified atom stereocenters. The number of alkyl halides is 3. The number of carbonyl (C=O) groups excluding carboxylic acids is 1. The molecule has 5 nitrogen and oxygen atoms in total. The van der Waals surface area contributed by atoms with E-state index in [0.29, 0.717) is 18.2 Å². The van der Waals surface area contributed by atoms with Gasteiger partial charge >= 0.3 is 6.18 Å². The van der Waals surface area contributed by atoms with Crippen molar-refractivity contribution >= 4 is 29.5 Å². The molecule has 0 radical (unpaired) electrons. The van der Waals surface area contributed by atoms with Crippen molar-refractivity contribution in [3.8, 4) is 0 Å². The van der Waals surface area contributed by atoms with Crippen molar-refractivity contribution in [2.75, 3.05) is 5.32 Å². The van der Waals surface area contributed by atoms with Crippen molar-refractivity contribution in [3.05, 3.63) is 58.1 Å². The molecule has 0 saturated carbocycles. The molecule has 0 fully saturated rings. The molecular weight excluding hydrogens is 333 g/mol. The molecular formula is C14H9F3N2O3S. The van der Waals surface area contributed by atoms with Crippen LogP contribution in [-0.2, 0) is 11.0 Å². The van der Waals surface area contributed by atoms with Crippen molar-refractivity contribution in [1.29, 1.82) is 0 Å². The molecule has 23 heavy (non-hydrogen) atoms. The smallest absolute Gasteiger partial charge is 0.328 e. The van der Waals surface area contributed by atoms with Gasteiger partial charge in [0, 0.05) is 11.0 Å². The number of nitro groups is 1. The van der Waals surface area contributed by atoms with E-state index in [1.165, 1.54) is 12.1 Å². The summed E-state index contributed by atoms with van der Waals surface area (Å²) in [6.07, 6.45) is -4.36. The van der Waals surface area contributed by atoms with Gasteiger partial charge in [-0.15, -0.1) is 0 Å². The van der Waals surface area contributed by atoms with Gasteiger partial charge in [0.2, 0.25) is 6.41 Å². The van der Waals surface area contributed by atoms with Crippen molar-refractivity contribution in [3.63, 3.8) is 0 Å². The van der Waals surface area contributed by atoms with Crippen LogP contribution in [0, 0.1) is 10.1 Å². The van der Waals surface area contributed by atoms with E-state index >= 15 is 0 Å². The molecule has 0 bridgehead atoms. The van der Waals surface area contributed by atoms with Gasteiger partial charge in [-0.2, -0.15) is 13.2 Å². The van der Waals surface area contributed by atoms with Crippen LogP contribution in [-0.4, -0.2) is 11.3 Å². The fraction of sp³-hybridized carbons (Fsp3) is 0.0714. The Kier molecular flexibility index (Phi) is 4.89. The van der Waals surface area contributed by atoms with Gasteiger partial charge in [-0.05, 0) is 18.2 Å². The third-order valence-electron chi connectivity index (χ3n) is 2.81. The topological polar surface area (TPSA) is 72.2 Å². The number of halogens is 3. The molecule has 1 amide bonds. The van der Waals surface area contributed by atoms with Crippen LogP contribution in [0.1, 0.15) is 5.56 Å². The lowest BCUT2D eigenvalue weighted by Gasteiger charge is -2.14. The Morgan fingerprint density at radius 1 is 1.13 bits per heavy atom. The average molecular weight is 342 g/mol. The number of hydrogen-bond donors (Lipinski definition) is 1. The molecule has 0 aliphatic carbocycles. The maximum atomic E-state index is 13.1. The van der Waals surface area contributed by atoms with E-state index in [2.05, 4.69) is 5.32 Å². The van der Waals surface area contributed by atoms with Gasteiger partial charge in [-0.25, -0.2) is 0 Å². The second-order valence-corrected chi connectivity index (χ2v) is 5.32. The number of nitrogens with one attached hydrogen (secondary N) is 1. The van der Waals surface area contributed by atoms with Gasteiger partial charge in [0.25, 0.3) is 5.69 Å². The summed E-state index contributed by atoms with van der Waals surface area (Å²) < 4.78 is 39.4. The molecule has 2 rings (SSSR count). The third kappa shape index (κ3) is 3.81. The fourth-order valence-corrected chi connectivity index (χ4v) is 2.99. The van der Waals surface area contributed by atoms with E-state index in [9.17, 15) is 28.1 Å². The molecule has 0 spiro atoms. The number of amides is 1. The molecule has 0 aliphatic heterocycles. The maximum Gasteiger partial charge on any atom is 0.417 e. The highest BCUT2D eigenvalue weighted by Crippen LogP contribution is 2.45. The number of nitrogens with zero attached hydrogens (tertiary/aromatic N) is 1. The lowest BCUT2D eigenvalue weighted by Crippen LogP contribution is -2.08. The molecule has 0 aliphatic rings. The molecule has 2 aromatic carbocycles. The summed E-state index contributed by atoms with van der Waals surface area (Å²) in [5.74, 6) is 0. The first-order chi connectivity index (χ1) is 10.8. The second kappa shape index (κ2) is 6.69. The molecule has 0 atom stereocenters. The van der Waals surface area contributed by atoms with Crippen LogP contribution in [0.3, 0.4) is 0 Å². The average Bonchev–Trinajstić information content (AvgIpc) is 2.48. The Balaban J connectivity index is 2.59. The van der Waals surface area contributed by atoms with E-state index in [1.807, 2.05) is 0 Å². The number of para-hydroxylation sites is 1. The van der Waals surface area contributed by atoms with Crippen LogP contribution in [0.2, 0.25) is 0 Å². The lowest BCUT2D eigenvalue weighted by atomic mass is 10.2. The first kappa shape index (κ1) is 16.8. The molecule has 0 aromatic heterocycles. The first-order valence-corrected chi connectivity index (χ1v) is 6.98. The summed E-state index contributed by atoms with van der Waals surface area (Å²) in [5.41, 5.74) is -1.48. The van der Waals surface area contributed by atoms with Crippen LogP contribution < -0.4 is 5.32 Å². The van der Waals surface area contributed by atoms with Crippen LogP contribution in [0.15, 0.2) is 52.3 Å². The Hall–Kier alpha value is -2.55. The highest BCUT2D eigenvalue weighted by molar-refractivity contribution is 7.99. The van der Waals surface area contributed by atoms with Crippen molar-refractivity contribution < 1.29 is 22.9 Å². The Morgan fingerprint density at radius 3 is 2.43 bits per heavy atom. The normalized spacial score (nSPS) is 11.1. The van der Waals surface area contributed by atoms with E-state index in [4.69, 9.17) is 0 Å². The molecule has 0 heterocycles. The zero-order valence-electron chi connectivity index (χ0n) is 11.3. The van der Waals surface area contributed by atoms with Crippen LogP contribution in [0.25, 0.3) is 0 Å². The minimum atomic E-state index is -4.73. The van der Waals surface area contributed by atoms with E-state index < -0.39 is 27.2 Å². The highest BCUT2D eigenvalue weighted by atomic mass is 32.2. The van der Waals surface area contributed by atoms with Crippen LogP contribution in [0.5, 0.6) is 0 Å². The molecule has 0 saturated heterocycles. The predicted molar refractivity (Wildman–Crippen MR) is 78.4 cm³/mol. The SMILES string of the molecule is O=CNc1ccccc1Sc1c([N+](=O)[O-])cccc1C(F)(F)F. The van der Waals surface area contributed by atoms with Gasteiger partial charge in [0.15, 0.2) is 0 Å². The van der Waals surface area contributed by atoms with Gasteiger partial charge in [-0.3, -0.25) is 14.9 Å². The fourth-order valence-electron chi connectivity index (χ4n) is 1.85. The quantitative estimate of drug-likeness (QED) is 0.499. The number of hydrogen-bond acceptors (Lipinski definition) is 4. The zero-order chi connectivity index (χ0) is 17.0. The van der Waals surface area contributed by atoms with Crippen molar-refractivity contribution in [1.82, 2.24) is 0 Å². The summed E-state index contributed by atoms with van der Waals surface area (Å²) in [5, 5.41) is 13.4. The van der Waals surface area contributed by atoms with Crippen LogP contribution in [0.4, 0.5) is 24.5 Å². The van der Waals surface area contributed by atoms with E-state index in [1.54, 1.807) is 12.1 Å². The number of rotatable bonds is 5.